The second-order valence-electron chi connectivity index (χ2n) is 4.00. The first-order valence-electron chi connectivity index (χ1n) is 5.33. The number of hydrogen-bond acceptors (Lipinski definition) is 3. The Labute approximate surface area is 105 Å². The fraction of sp³-hybridized carbons (Fsp3) is 0.250. The molecule has 2 rings (SSSR count). The van der Waals surface area contributed by atoms with Crippen LogP contribution in [0, 0.1) is 6.92 Å². The Bertz CT molecular complexity index is 521. The van der Waals surface area contributed by atoms with Gasteiger partial charge in [-0.25, -0.2) is 10.4 Å². The van der Waals surface area contributed by atoms with Crippen molar-refractivity contribution in [2.45, 2.75) is 13.0 Å². The maximum absolute atomic E-state index is 6.12. The first-order chi connectivity index (χ1) is 8.13. The molecule has 0 aliphatic rings. The molecule has 1 atom stereocenters. The summed E-state index contributed by atoms with van der Waals surface area (Å²) in [7, 11) is 1.93. The Morgan fingerprint density at radius 2 is 2.24 bits per heavy atom. The van der Waals surface area contributed by atoms with Gasteiger partial charge in [0, 0.05) is 24.5 Å². The summed E-state index contributed by atoms with van der Waals surface area (Å²) in [4.78, 5) is 4.29. The van der Waals surface area contributed by atoms with Gasteiger partial charge in [-0.15, -0.1) is 0 Å². The first-order valence-corrected chi connectivity index (χ1v) is 5.70. The largest absolute Gasteiger partial charge is 0.336 e. The molecule has 90 valence electrons. The van der Waals surface area contributed by atoms with Crippen molar-refractivity contribution in [2.24, 2.45) is 12.9 Å². The first kappa shape index (κ1) is 12.1. The quantitative estimate of drug-likeness (QED) is 0.647. The Hall–Kier alpha value is -1.36. The van der Waals surface area contributed by atoms with Gasteiger partial charge in [0.25, 0.3) is 0 Å². The third kappa shape index (κ3) is 2.34. The summed E-state index contributed by atoms with van der Waals surface area (Å²) < 4.78 is 1.93. The lowest BCUT2D eigenvalue weighted by atomic mass is 10.0. The summed E-state index contributed by atoms with van der Waals surface area (Å²) in [6, 6.07) is 5.73. The molecule has 3 N–H and O–H groups in total. The van der Waals surface area contributed by atoms with Gasteiger partial charge in [0.2, 0.25) is 0 Å². The van der Waals surface area contributed by atoms with E-state index in [-0.39, 0.29) is 6.04 Å². The lowest BCUT2D eigenvalue weighted by Crippen LogP contribution is -2.30. The Kier molecular flexibility index (Phi) is 3.47. The van der Waals surface area contributed by atoms with E-state index in [1.807, 2.05) is 42.9 Å². The fourth-order valence-electron chi connectivity index (χ4n) is 1.76. The number of aryl methyl sites for hydroxylation is 2. The normalized spacial score (nSPS) is 12.7. The maximum atomic E-state index is 6.12. The molecule has 2 aromatic rings. The van der Waals surface area contributed by atoms with Gasteiger partial charge in [0.05, 0.1) is 0 Å². The van der Waals surface area contributed by atoms with Crippen LogP contribution in [0.2, 0.25) is 5.02 Å². The van der Waals surface area contributed by atoms with Crippen molar-refractivity contribution < 1.29 is 0 Å². The minimum Gasteiger partial charge on any atom is -0.336 e. The number of nitrogens with two attached hydrogens (primary N) is 1. The van der Waals surface area contributed by atoms with Crippen molar-refractivity contribution in [3.05, 3.63) is 52.6 Å². The van der Waals surface area contributed by atoms with Crippen LogP contribution in [-0.2, 0) is 7.05 Å². The van der Waals surface area contributed by atoms with Crippen molar-refractivity contribution >= 4 is 11.6 Å². The monoisotopic (exact) mass is 250 g/mol. The summed E-state index contributed by atoms with van der Waals surface area (Å²) in [6.07, 6.45) is 3.63. The molecule has 0 radical (unpaired) electrons. The molecule has 4 nitrogen and oxygen atoms in total. The van der Waals surface area contributed by atoms with Crippen molar-refractivity contribution in [3.8, 4) is 0 Å². The van der Waals surface area contributed by atoms with Crippen LogP contribution in [0.4, 0.5) is 0 Å². The topological polar surface area (TPSA) is 55.9 Å². The number of halogens is 1. The number of benzene rings is 1. The predicted molar refractivity (Wildman–Crippen MR) is 68.6 cm³/mol. The van der Waals surface area contributed by atoms with Crippen molar-refractivity contribution in [1.82, 2.24) is 15.0 Å². The Morgan fingerprint density at radius 3 is 2.76 bits per heavy atom. The highest BCUT2D eigenvalue weighted by Gasteiger charge is 2.17. The van der Waals surface area contributed by atoms with E-state index in [4.69, 9.17) is 17.4 Å². The van der Waals surface area contributed by atoms with Crippen LogP contribution in [0.3, 0.4) is 0 Å². The van der Waals surface area contributed by atoms with Gasteiger partial charge in [-0.05, 0) is 24.1 Å². The van der Waals surface area contributed by atoms with E-state index in [1.54, 1.807) is 6.20 Å². The number of hydrazine groups is 1. The molecule has 5 heteroatoms. The van der Waals surface area contributed by atoms with Gasteiger partial charge >= 0.3 is 0 Å². The molecule has 0 saturated carbocycles. The molecular formula is C12H15ClN4. The molecule has 0 spiro atoms. The number of nitrogens with zero attached hydrogens (tertiary/aromatic N) is 2. The second kappa shape index (κ2) is 4.87. The summed E-state index contributed by atoms with van der Waals surface area (Å²) in [6.45, 7) is 1.97. The number of imidazole rings is 1. The van der Waals surface area contributed by atoms with Crippen LogP contribution >= 0.6 is 11.6 Å². The van der Waals surface area contributed by atoms with E-state index in [1.165, 1.54) is 0 Å². The highest BCUT2D eigenvalue weighted by atomic mass is 35.5. The van der Waals surface area contributed by atoms with Crippen molar-refractivity contribution in [3.63, 3.8) is 0 Å². The highest BCUT2D eigenvalue weighted by Crippen LogP contribution is 2.24. The standard InChI is InChI=1S/C12H15ClN4/c1-8-3-4-9(7-10(8)13)11(16-14)12-15-5-6-17(12)2/h3-7,11,16H,14H2,1-2H3. The van der Waals surface area contributed by atoms with Crippen LogP contribution in [-0.4, -0.2) is 9.55 Å². The van der Waals surface area contributed by atoms with E-state index in [0.717, 1.165) is 22.0 Å². The van der Waals surface area contributed by atoms with E-state index >= 15 is 0 Å². The van der Waals surface area contributed by atoms with Gasteiger partial charge < -0.3 is 4.57 Å². The smallest absolute Gasteiger partial charge is 0.131 e. The van der Waals surface area contributed by atoms with Gasteiger partial charge in [-0.1, -0.05) is 23.7 Å². The molecule has 1 aromatic heterocycles. The molecule has 1 unspecified atom stereocenters. The van der Waals surface area contributed by atoms with Crippen LogP contribution in [0.15, 0.2) is 30.6 Å². The number of nitrogens with one attached hydrogen (secondary N) is 1. The Morgan fingerprint density at radius 1 is 1.47 bits per heavy atom. The third-order valence-corrected chi connectivity index (χ3v) is 3.22. The molecule has 1 heterocycles. The van der Waals surface area contributed by atoms with Gasteiger partial charge in [-0.3, -0.25) is 5.84 Å². The highest BCUT2D eigenvalue weighted by molar-refractivity contribution is 6.31. The molecule has 0 aliphatic carbocycles. The number of aromatic nitrogens is 2. The molecule has 1 aromatic carbocycles. The summed E-state index contributed by atoms with van der Waals surface area (Å²) in [5, 5.41) is 0.733. The summed E-state index contributed by atoms with van der Waals surface area (Å²) >= 11 is 6.12. The maximum Gasteiger partial charge on any atom is 0.131 e. The third-order valence-electron chi connectivity index (χ3n) is 2.81. The molecule has 0 amide bonds. The van der Waals surface area contributed by atoms with Gasteiger partial charge in [0.1, 0.15) is 11.9 Å². The minimum atomic E-state index is -0.159. The zero-order chi connectivity index (χ0) is 12.4. The lowest BCUT2D eigenvalue weighted by molar-refractivity contribution is 0.580. The molecule has 0 aliphatic heterocycles. The van der Waals surface area contributed by atoms with Crippen LogP contribution in [0.25, 0.3) is 0 Å². The summed E-state index contributed by atoms with van der Waals surface area (Å²) in [5.41, 5.74) is 4.81. The molecule has 17 heavy (non-hydrogen) atoms. The average Bonchev–Trinajstić information content (AvgIpc) is 2.71. The van der Waals surface area contributed by atoms with Gasteiger partial charge in [0.15, 0.2) is 0 Å². The zero-order valence-electron chi connectivity index (χ0n) is 9.81. The number of hydrogen-bond donors (Lipinski definition) is 2. The predicted octanol–water partition coefficient (Wildman–Crippen LogP) is 1.93. The Balaban J connectivity index is 2.42. The van der Waals surface area contributed by atoms with Crippen molar-refractivity contribution in [2.75, 3.05) is 0 Å². The average molecular weight is 251 g/mol. The molecule has 0 bridgehead atoms. The molecule has 0 fully saturated rings. The van der Waals surface area contributed by atoms with Gasteiger partial charge in [-0.2, -0.15) is 0 Å². The van der Waals surface area contributed by atoms with E-state index in [2.05, 4.69) is 10.4 Å². The van der Waals surface area contributed by atoms with Crippen LogP contribution in [0.1, 0.15) is 23.0 Å². The second-order valence-corrected chi connectivity index (χ2v) is 4.41. The van der Waals surface area contributed by atoms with E-state index in [9.17, 15) is 0 Å². The molecule has 0 saturated heterocycles. The van der Waals surface area contributed by atoms with Crippen molar-refractivity contribution in [1.29, 1.82) is 0 Å². The summed E-state index contributed by atoms with van der Waals surface area (Å²) in [5.74, 6) is 6.46. The van der Waals surface area contributed by atoms with Crippen LogP contribution in [0.5, 0.6) is 0 Å². The zero-order valence-corrected chi connectivity index (χ0v) is 10.6. The molecular weight excluding hydrogens is 236 g/mol. The fourth-order valence-corrected chi connectivity index (χ4v) is 1.95. The minimum absolute atomic E-state index is 0.159. The van der Waals surface area contributed by atoms with E-state index in [0.29, 0.717) is 0 Å². The number of rotatable bonds is 3. The van der Waals surface area contributed by atoms with Crippen LogP contribution < -0.4 is 11.3 Å². The SMILES string of the molecule is Cc1ccc(C(NN)c2nccn2C)cc1Cl. The van der Waals surface area contributed by atoms with E-state index < -0.39 is 0 Å². The lowest BCUT2D eigenvalue weighted by Gasteiger charge is -2.16.